The summed E-state index contributed by atoms with van der Waals surface area (Å²) in [6.07, 6.45) is 0. The van der Waals surface area contributed by atoms with Gasteiger partial charge in [0.15, 0.2) is 5.58 Å². The molecule has 4 nitrogen and oxygen atoms in total. The molecule has 1 aliphatic heterocycles. The van der Waals surface area contributed by atoms with Crippen LogP contribution in [0.2, 0.25) is 10.0 Å². The van der Waals surface area contributed by atoms with E-state index in [1.54, 1.807) is 12.1 Å². The van der Waals surface area contributed by atoms with Crippen molar-refractivity contribution in [1.82, 2.24) is 0 Å². The molecule has 0 spiro atoms. The number of quaternary nitrogens is 1. The maximum absolute atomic E-state index is 12.4. The van der Waals surface area contributed by atoms with Crippen molar-refractivity contribution in [3.05, 3.63) is 98.3 Å². The summed E-state index contributed by atoms with van der Waals surface area (Å²) >= 11 is 12.2. The van der Waals surface area contributed by atoms with Crippen molar-refractivity contribution in [2.75, 3.05) is 6.73 Å². The van der Waals surface area contributed by atoms with Gasteiger partial charge in [0.1, 0.15) is 18.8 Å². The van der Waals surface area contributed by atoms with Crippen LogP contribution in [0.25, 0.3) is 22.1 Å². The summed E-state index contributed by atoms with van der Waals surface area (Å²) in [5, 5.41) is 1.98. The number of fused-ring (bicyclic) bond motifs is 3. The predicted molar refractivity (Wildman–Crippen MR) is 118 cm³/mol. The van der Waals surface area contributed by atoms with Crippen LogP contribution in [0, 0.1) is 0 Å². The predicted octanol–water partition coefficient (Wildman–Crippen LogP) is 4.70. The SMILES string of the molecule is O=c1cc(-c2ccccc2)c2ccc3c(c2o1)C[NH+](Cc1ccc(Cl)c(Cl)c1)CO3. The number of ether oxygens (including phenoxy) is 1. The summed E-state index contributed by atoms with van der Waals surface area (Å²) < 4.78 is 11.7. The smallest absolute Gasteiger partial charge is 0.336 e. The molecule has 3 aromatic carbocycles. The lowest BCUT2D eigenvalue weighted by Crippen LogP contribution is -3.10. The van der Waals surface area contributed by atoms with Crippen molar-refractivity contribution < 1.29 is 14.1 Å². The van der Waals surface area contributed by atoms with E-state index in [4.69, 9.17) is 32.4 Å². The van der Waals surface area contributed by atoms with Crippen LogP contribution in [-0.2, 0) is 13.1 Å². The third-order valence-corrected chi connectivity index (χ3v) is 6.09. The van der Waals surface area contributed by atoms with E-state index in [0.717, 1.165) is 39.9 Å². The van der Waals surface area contributed by atoms with Gasteiger partial charge in [-0.05, 0) is 35.4 Å². The molecule has 0 saturated heterocycles. The third-order valence-electron chi connectivity index (χ3n) is 5.35. The fourth-order valence-corrected chi connectivity index (χ4v) is 4.28. The number of nitrogens with one attached hydrogen (secondary N) is 1. The summed E-state index contributed by atoms with van der Waals surface area (Å²) in [5.41, 5.74) is 4.03. The van der Waals surface area contributed by atoms with Gasteiger partial charge in [0.05, 0.1) is 15.6 Å². The first-order valence-corrected chi connectivity index (χ1v) is 10.4. The maximum atomic E-state index is 12.4. The molecule has 30 heavy (non-hydrogen) atoms. The Morgan fingerprint density at radius 2 is 1.77 bits per heavy atom. The topological polar surface area (TPSA) is 43.9 Å². The molecule has 0 radical (unpaired) electrons. The van der Waals surface area contributed by atoms with Crippen molar-refractivity contribution in [2.45, 2.75) is 13.1 Å². The minimum absolute atomic E-state index is 0.369. The largest absolute Gasteiger partial charge is 0.445 e. The second-order valence-corrected chi connectivity index (χ2v) is 8.22. The van der Waals surface area contributed by atoms with E-state index in [9.17, 15) is 4.79 Å². The zero-order chi connectivity index (χ0) is 20.7. The Bertz CT molecular complexity index is 1300. The Kier molecular flexibility index (Phi) is 4.99. The van der Waals surface area contributed by atoms with Gasteiger partial charge in [-0.15, -0.1) is 0 Å². The average molecular weight is 439 g/mol. The van der Waals surface area contributed by atoms with Gasteiger partial charge in [-0.25, -0.2) is 4.79 Å². The van der Waals surface area contributed by atoms with Crippen LogP contribution in [0.1, 0.15) is 11.1 Å². The van der Waals surface area contributed by atoms with Crippen molar-refractivity contribution in [1.29, 1.82) is 0 Å². The van der Waals surface area contributed by atoms with Crippen molar-refractivity contribution in [3.63, 3.8) is 0 Å². The first-order valence-electron chi connectivity index (χ1n) is 9.64. The van der Waals surface area contributed by atoms with Crippen LogP contribution in [-0.4, -0.2) is 6.73 Å². The molecule has 1 aromatic heterocycles. The fourth-order valence-electron chi connectivity index (χ4n) is 3.96. The molecule has 5 rings (SSSR count). The van der Waals surface area contributed by atoms with Gasteiger partial charge in [-0.3, -0.25) is 4.90 Å². The first kappa shape index (κ1) is 19.2. The zero-order valence-corrected chi connectivity index (χ0v) is 17.5. The van der Waals surface area contributed by atoms with Crippen LogP contribution < -0.4 is 15.3 Å². The molecule has 0 saturated carbocycles. The molecule has 0 amide bonds. The van der Waals surface area contributed by atoms with Crippen molar-refractivity contribution in [3.8, 4) is 16.9 Å². The molecular formula is C24H18Cl2NO3+. The molecule has 1 unspecified atom stereocenters. The third kappa shape index (κ3) is 3.58. The molecule has 0 fully saturated rings. The zero-order valence-electron chi connectivity index (χ0n) is 16.0. The lowest BCUT2D eigenvalue weighted by molar-refractivity contribution is -0.945. The van der Waals surface area contributed by atoms with Gasteiger partial charge < -0.3 is 9.15 Å². The average Bonchev–Trinajstić information content (AvgIpc) is 2.76. The molecule has 1 atom stereocenters. The van der Waals surface area contributed by atoms with Crippen LogP contribution in [0.5, 0.6) is 5.75 Å². The van der Waals surface area contributed by atoms with Gasteiger partial charge in [-0.2, -0.15) is 0 Å². The van der Waals surface area contributed by atoms with Gasteiger partial charge in [0.25, 0.3) is 0 Å². The second kappa shape index (κ2) is 7.80. The Labute approximate surface area is 183 Å². The van der Waals surface area contributed by atoms with E-state index >= 15 is 0 Å². The van der Waals surface area contributed by atoms with Crippen LogP contribution in [0.15, 0.2) is 75.9 Å². The highest BCUT2D eigenvalue weighted by Gasteiger charge is 2.25. The molecular weight excluding hydrogens is 421 g/mol. The normalized spacial score (nSPS) is 15.6. The van der Waals surface area contributed by atoms with Crippen LogP contribution >= 0.6 is 23.2 Å². The summed E-state index contributed by atoms with van der Waals surface area (Å²) in [6, 6.07) is 21.0. The Balaban J connectivity index is 1.55. The van der Waals surface area contributed by atoms with Crippen molar-refractivity contribution in [2.24, 2.45) is 0 Å². The summed E-state index contributed by atoms with van der Waals surface area (Å²) in [7, 11) is 0. The summed E-state index contributed by atoms with van der Waals surface area (Å²) in [5.74, 6) is 0.758. The Hall–Kier alpha value is -2.79. The van der Waals surface area contributed by atoms with Gasteiger partial charge in [-0.1, -0.05) is 59.6 Å². The van der Waals surface area contributed by atoms with Gasteiger partial charge >= 0.3 is 5.63 Å². The molecule has 0 bridgehead atoms. The van der Waals surface area contributed by atoms with Gasteiger partial charge in [0, 0.05) is 17.0 Å². The molecule has 150 valence electrons. The molecule has 0 aliphatic carbocycles. The highest BCUT2D eigenvalue weighted by atomic mass is 35.5. The van der Waals surface area contributed by atoms with E-state index in [1.807, 2.05) is 54.6 Å². The highest BCUT2D eigenvalue weighted by Crippen LogP contribution is 2.34. The standard InChI is InChI=1S/C24H17Cl2NO3/c25-20-8-6-15(10-21(20)26)12-27-13-19-22(29-14-27)9-7-17-18(11-23(28)30-24(17)19)16-4-2-1-3-5-16/h1-11H,12-14H2/p+1. The minimum Gasteiger partial charge on any atom is -0.445 e. The monoisotopic (exact) mass is 438 g/mol. The fraction of sp³-hybridized carbons (Fsp3) is 0.125. The Morgan fingerprint density at radius 1 is 0.933 bits per heavy atom. The van der Waals surface area contributed by atoms with E-state index in [1.165, 1.54) is 4.90 Å². The van der Waals surface area contributed by atoms with E-state index in [2.05, 4.69) is 0 Å². The highest BCUT2D eigenvalue weighted by molar-refractivity contribution is 6.42. The molecule has 1 aliphatic rings. The minimum atomic E-state index is -0.369. The van der Waals surface area contributed by atoms with E-state index in [0.29, 0.717) is 28.9 Å². The molecule has 1 N–H and O–H groups in total. The molecule has 2 heterocycles. The quantitative estimate of drug-likeness (QED) is 0.471. The molecule has 4 aromatic rings. The lowest BCUT2D eigenvalue weighted by atomic mass is 9.99. The van der Waals surface area contributed by atoms with Gasteiger partial charge in [0.2, 0.25) is 6.73 Å². The number of halogens is 2. The lowest BCUT2D eigenvalue weighted by Gasteiger charge is -2.26. The number of benzene rings is 3. The van der Waals surface area contributed by atoms with E-state index in [-0.39, 0.29) is 5.63 Å². The summed E-state index contributed by atoms with van der Waals surface area (Å²) in [6.45, 7) is 1.91. The number of hydrogen-bond donors (Lipinski definition) is 1. The summed E-state index contributed by atoms with van der Waals surface area (Å²) in [4.78, 5) is 13.5. The van der Waals surface area contributed by atoms with E-state index < -0.39 is 0 Å². The van der Waals surface area contributed by atoms with Crippen LogP contribution in [0.4, 0.5) is 0 Å². The Morgan fingerprint density at radius 3 is 2.57 bits per heavy atom. The number of rotatable bonds is 3. The maximum Gasteiger partial charge on any atom is 0.336 e. The van der Waals surface area contributed by atoms with Crippen LogP contribution in [0.3, 0.4) is 0 Å². The second-order valence-electron chi connectivity index (χ2n) is 7.40. The first-order chi connectivity index (χ1) is 14.6. The number of hydrogen-bond acceptors (Lipinski definition) is 3. The van der Waals surface area contributed by atoms with Crippen molar-refractivity contribution >= 4 is 34.2 Å². The molecule has 6 heteroatoms.